The second-order valence-electron chi connectivity index (χ2n) is 1.48. The summed E-state index contributed by atoms with van der Waals surface area (Å²) in [7, 11) is 0. The maximum Gasteiger partial charge on any atom is 0.557 e. The van der Waals surface area contributed by atoms with Gasteiger partial charge >= 0.3 is 12.2 Å². The lowest BCUT2D eigenvalue weighted by Crippen LogP contribution is -2.26. The van der Waals surface area contributed by atoms with Crippen molar-refractivity contribution in [2.24, 2.45) is 0 Å². The van der Waals surface area contributed by atoms with E-state index in [1.807, 2.05) is 0 Å². The van der Waals surface area contributed by atoms with Crippen LogP contribution in [0.2, 0.25) is 0 Å². The van der Waals surface area contributed by atoms with Gasteiger partial charge in [-0.3, -0.25) is 4.79 Å². The van der Waals surface area contributed by atoms with Crippen LogP contribution in [0.15, 0.2) is 0 Å². The molecule has 2 nitrogen and oxygen atoms in total. The average molecular weight is 286 g/mol. The van der Waals surface area contributed by atoms with E-state index < -0.39 is 17.0 Å². The number of carbonyl (C=O) groups excluding carboxylic acids is 1. The van der Waals surface area contributed by atoms with Gasteiger partial charge in [0.2, 0.25) is 0 Å². The van der Waals surface area contributed by atoms with Crippen LogP contribution in [0.4, 0.5) is 0 Å². The second-order valence-corrected chi connectivity index (χ2v) is 10.5. The topological polar surface area (TPSA) is 26.3 Å². The fourth-order valence-electron chi connectivity index (χ4n) is 0.195. The molecule has 0 saturated heterocycles. The van der Waals surface area contributed by atoms with Gasteiger partial charge in [0.15, 0.2) is 0 Å². The second kappa shape index (κ2) is 4.16. The summed E-state index contributed by atoms with van der Waals surface area (Å²) in [6, 6.07) is 0. The third-order valence-corrected chi connectivity index (χ3v) is 2.04. The Hall–Kier alpha value is 1.04. The zero-order valence-electron chi connectivity index (χ0n) is 4.91. The van der Waals surface area contributed by atoms with E-state index in [-0.39, 0.29) is 0 Å². The monoisotopic (exact) mass is 284 g/mol. The van der Waals surface area contributed by atoms with Gasteiger partial charge in [-0.1, -0.05) is 49.2 Å². The van der Waals surface area contributed by atoms with Crippen LogP contribution in [-0.4, -0.2) is 17.0 Å². The van der Waals surface area contributed by atoms with Crippen LogP contribution in [0.3, 0.4) is 0 Å². The van der Waals surface area contributed by atoms with E-state index >= 15 is 0 Å². The van der Waals surface area contributed by atoms with Crippen molar-refractivity contribution < 1.29 is 9.22 Å². The maximum absolute atomic E-state index is 10.7. The highest BCUT2D eigenvalue weighted by Gasteiger charge is 2.33. The Morgan fingerprint density at radius 1 is 1.60 bits per heavy atom. The normalized spacial score (nSPS) is 14.5. The van der Waals surface area contributed by atoms with E-state index in [9.17, 15) is 4.79 Å². The fourth-order valence-corrected chi connectivity index (χ4v) is 1.55. The Morgan fingerprint density at radius 2 is 2.00 bits per heavy atom. The Morgan fingerprint density at radius 3 is 2.10 bits per heavy atom. The van der Waals surface area contributed by atoms with Crippen molar-refractivity contribution >= 4 is 61.4 Å². The maximum atomic E-state index is 10.7. The molecule has 0 amide bonds. The van der Waals surface area contributed by atoms with E-state index in [0.717, 1.165) is 0 Å². The SMILES string of the molecule is CC(Br)C(=O)O[Si](Cl)(Cl)Cl. The van der Waals surface area contributed by atoms with Crippen molar-refractivity contribution in [1.82, 2.24) is 0 Å². The molecular weight excluding hydrogens is 282 g/mol. The molecule has 0 spiro atoms. The number of carbonyl (C=O) groups is 1. The summed E-state index contributed by atoms with van der Waals surface area (Å²) >= 11 is 18.8. The molecule has 0 aliphatic heterocycles. The van der Waals surface area contributed by atoms with Gasteiger partial charge in [0.25, 0.3) is 0 Å². The van der Waals surface area contributed by atoms with Crippen LogP contribution in [-0.2, 0) is 9.22 Å². The minimum absolute atomic E-state index is 0.435. The van der Waals surface area contributed by atoms with Gasteiger partial charge in [0.05, 0.1) is 0 Å². The molecular formula is C3H4BrCl3O2Si. The minimum Gasteiger partial charge on any atom is -0.480 e. The lowest BCUT2D eigenvalue weighted by molar-refractivity contribution is -0.133. The summed E-state index contributed by atoms with van der Waals surface area (Å²) in [5, 5.41) is 0. The molecule has 1 atom stereocenters. The van der Waals surface area contributed by atoms with Crippen molar-refractivity contribution in [2.75, 3.05) is 0 Å². The smallest absolute Gasteiger partial charge is 0.480 e. The Bertz CT molecular complexity index is 134. The first-order valence-corrected chi connectivity index (χ1v) is 8.12. The summed E-state index contributed by atoms with van der Waals surface area (Å²) in [6.45, 7) is 1.59. The molecule has 0 aromatic heterocycles. The molecule has 0 fully saturated rings. The van der Waals surface area contributed by atoms with Crippen molar-refractivity contribution in [3.05, 3.63) is 0 Å². The van der Waals surface area contributed by atoms with Crippen LogP contribution < -0.4 is 0 Å². The first-order chi connectivity index (χ1) is 4.33. The fraction of sp³-hybridized carbons (Fsp3) is 0.667. The van der Waals surface area contributed by atoms with Crippen molar-refractivity contribution in [3.63, 3.8) is 0 Å². The summed E-state index contributed by atoms with van der Waals surface area (Å²) in [5.41, 5.74) is 0. The number of halogens is 4. The van der Waals surface area contributed by atoms with Crippen LogP contribution in [0.1, 0.15) is 6.92 Å². The average Bonchev–Trinajstić information content (AvgIpc) is 1.60. The Kier molecular flexibility index (Phi) is 4.59. The molecule has 0 aromatic carbocycles. The van der Waals surface area contributed by atoms with Crippen LogP contribution in [0, 0.1) is 0 Å². The standard InChI is InChI=1S/C3H4BrCl3O2Si/c1-2(4)3(8)9-10(5,6)7/h2H,1H3. The van der Waals surface area contributed by atoms with Crippen molar-refractivity contribution in [2.45, 2.75) is 11.8 Å². The molecule has 7 heteroatoms. The van der Waals surface area contributed by atoms with Crippen molar-refractivity contribution in [3.8, 4) is 0 Å². The van der Waals surface area contributed by atoms with Crippen LogP contribution in [0.25, 0.3) is 0 Å². The van der Waals surface area contributed by atoms with E-state index in [1.54, 1.807) is 6.92 Å². The molecule has 0 bridgehead atoms. The predicted molar refractivity (Wildman–Crippen MR) is 47.8 cm³/mol. The highest BCUT2D eigenvalue weighted by atomic mass is 79.9. The molecule has 0 rings (SSSR count). The molecule has 0 aliphatic rings. The summed E-state index contributed by atoms with van der Waals surface area (Å²) in [6.07, 6.45) is -3.25. The van der Waals surface area contributed by atoms with E-state index in [4.69, 9.17) is 33.2 Å². The third-order valence-electron chi connectivity index (χ3n) is 0.541. The Labute approximate surface area is 82.1 Å². The van der Waals surface area contributed by atoms with Gasteiger partial charge in [-0.05, 0) is 6.92 Å². The first-order valence-electron chi connectivity index (χ1n) is 2.26. The lowest BCUT2D eigenvalue weighted by Gasteiger charge is -2.10. The zero-order valence-corrected chi connectivity index (χ0v) is 9.76. The minimum atomic E-state index is -3.25. The summed E-state index contributed by atoms with van der Waals surface area (Å²) in [4.78, 5) is 10.2. The van der Waals surface area contributed by atoms with E-state index in [2.05, 4.69) is 20.4 Å². The number of hydrogen-bond donors (Lipinski definition) is 0. The molecule has 0 radical (unpaired) electrons. The van der Waals surface area contributed by atoms with Gasteiger partial charge in [0.1, 0.15) is 4.83 Å². The first kappa shape index (κ1) is 11.0. The molecule has 0 aliphatic carbocycles. The molecule has 0 aromatic rings. The van der Waals surface area contributed by atoms with Gasteiger partial charge in [0, 0.05) is 0 Å². The van der Waals surface area contributed by atoms with E-state index in [0.29, 0.717) is 0 Å². The van der Waals surface area contributed by atoms with E-state index in [1.165, 1.54) is 0 Å². The van der Waals surface area contributed by atoms with Gasteiger partial charge in [-0.15, -0.1) is 0 Å². The molecule has 60 valence electrons. The molecule has 0 N–H and O–H groups in total. The number of rotatable bonds is 2. The lowest BCUT2D eigenvalue weighted by atomic mass is 10.5. The summed E-state index contributed by atoms with van der Waals surface area (Å²) in [5.74, 6) is -0.549. The quantitative estimate of drug-likeness (QED) is 0.443. The molecule has 10 heavy (non-hydrogen) atoms. The van der Waals surface area contributed by atoms with Gasteiger partial charge < -0.3 is 4.43 Å². The van der Waals surface area contributed by atoms with Crippen LogP contribution >= 0.6 is 49.2 Å². The molecule has 1 unspecified atom stereocenters. The molecule has 0 saturated carbocycles. The molecule has 0 heterocycles. The highest BCUT2D eigenvalue weighted by Crippen LogP contribution is 2.22. The predicted octanol–water partition coefficient (Wildman–Crippen LogP) is 2.47. The zero-order chi connectivity index (χ0) is 8.36. The van der Waals surface area contributed by atoms with Crippen LogP contribution in [0.5, 0.6) is 0 Å². The number of hydrogen-bond acceptors (Lipinski definition) is 2. The Balaban J connectivity index is 3.81. The largest absolute Gasteiger partial charge is 0.557 e. The summed E-state index contributed by atoms with van der Waals surface area (Å²) < 4.78 is 4.45. The third kappa shape index (κ3) is 5.79. The highest BCUT2D eigenvalue weighted by molar-refractivity contribution is 9.10. The number of alkyl halides is 1. The van der Waals surface area contributed by atoms with Gasteiger partial charge in [-0.2, -0.15) is 0 Å². The van der Waals surface area contributed by atoms with Gasteiger partial charge in [-0.25, -0.2) is 0 Å². The van der Waals surface area contributed by atoms with Crippen molar-refractivity contribution in [1.29, 1.82) is 0 Å².